The van der Waals surface area contributed by atoms with Crippen LogP contribution >= 0.6 is 0 Å². The molecule has 0 aliphatic heterocycles. The van der Waals surface area contributed by atoms with Crippen LogP contribution < -0.4 is 0 Å². The molecule has 4 rings (SSSR count). The molecule has 0 spiro atoms. The second-order valence-electron chi connectivity index (χ2n) is 9.65. The first-order valence-electron chi connectivity index (χ1n) is 9.93. The number of aliphatic hydroxyl groups is 3. The highest BCUT2D eigenvalue weighted by Gasteiger charge is 2.73. The second kappa shape index (κ2) is 5.40. The van der Waals surface area contributed by atoms with E-state index in [9.17, 15) is 20.1 Å². The van der Waals surface area contributed by atoms with Gasteiger partial charge in [-0.05, 0) is 63.7 Å². The summed E-state index contributed by atoms with van der Waals surface area (Å²) < 4.78 is 0. The van der Waals surface area contributed by atoms with E-state index in [1.807, 2.05) is 6.92 Å². The maximum absolute atomic E-state index is 12.3. The van der Waals surface area contributed by atoms with E-state index in [0.717, 1.165) is 25.7 Å². The number of aliphatic hydroxyl groups excluding tert-OH is 2. The first-order chi connectivity index (χ1) is 11.6. The maximum Gasteiger partial charge on any atom is 0.133 e. The van der Waals surface area contributed by atoms with E-state index in [4.69, 9.17) is 0 Å². The van der Waals surface area contributed by atoms with Gasteiger partial charge in [-0.3, -0.25) is 4.79 Å². The Balaban J connectivity index is 1.79. The zero-order chi connectivity index (χ0) is 18.2. The van der Waals surface area contributed by atoms with E-state index in [1.165, 1.54) is 5.57 Å². The van der Waals surface area contributed by atoms with Crippen LogP contribution in [0.4, 0.5) is 0 Å². The molecule has 0 bridgehead atoms. The quantitative estimate of drug-likeness (QED) is 0.637. The van der Waals surface area contributed by atoms with Crippen molar-refractivity contribution in [1.29, 1.82) is 0 Å². The molecule has 0 unspecified atom stereocenters. The van der Waals surface area contributed by atoms with Gasteiger partial charge in [0.25, 0.3) is 0 Å². The Morgan fingerprint density at radius 1 is 1.20 bits per heavy atom. The van der Waals surface area contributed by atoms with Gasteiger partial charge >= 0.3 is 0 Å². The molecule has 0 heterocycles. The summed E-state index contributed by atoms with van der Waals surface area (Å²) in [6, 6.07) is 0. The van der Waals surface area contributed by atoms with Crippen LogP contribution in [0.2, 0.25) is 0 Å². The van der Waals surface area contributed by atoms with Crippen molar-refractivity contribution in [3.8, 4) is 0 Å². The molecule has 140 valence electrons. The monoisotopic (exact) mass is 348 g/mol. The number of carbonyl (C=O) groups excluding carboxylic acids is 1. The Hall–Kier alpha value is -0.710. The lowest BCUT2D eigenvalue weighted by atomic mass is 9.42. The molecule has 3 fully saturated rings. The first kappa shape index (κ1) is 17.7. The fourth-order valence-corrected chi connectivity index (χ4v) is 7.35. The minimum atomic E-state index is -1.02. The Bertz CT molecular complexity index is 627. The van der Waals surface area contributed by atoms with Crippen molar-refractivity contribution in [3.05, 3.63) is 11.6 Å². The van der Waals surface area contributed by atoms with Crippen molar-refractivity contribution in [2.24, 2.45) is 28.6 Å². The number of carbonyl (C=O) groups is 1. The number of fused-ring (bicyclic) bond motifs is 5. The van der Waals surface area contributed by atoms with Crippen LogP contribution in [0.15, 0.2) is 11.6 Å². The van der Waals surface area contributed by atoms with E-state index in [0.29, 0.717) is 25.2 Å². The summed E-state index contributed by atoms with van der Waals surface area (Å²) in [4.78, 5) is 12.3. The molecule has 3 saturated carbocycles. The molecule has 0 amide bonds. The van der Waals surface area contributed by atoms with E-state index in [2.05, 4.69) is 13.0 Å². The van der Waals surface area contributed by atoms with Crippen molar-refractivity contribution >= 4 is 5.78 Å². The van der Waals surface area contributed by atoms with Crippen LogP contribution in [0.25, 0.3) is 0 Å². The normalized spacial score (nSPS) is 55.0. The number of Topliss-reactive ketones (excluding diaryl/α,β-unsaturated/α-hetero) is 1. The summed E-state index contributed by atoms with van der Waals surface area (Å²) in [6.07, 6.45) is 6.51. The van der Waals surface area contributed by atoms with E-state index in [1.54, 1.807) is 6.92 Å². The number of ketones is 1. The Kier molecular flexibility index (Phi) is 3.82. The van der Waals surface area contributed by atoms with Gasteiger partial charge in [-0.25, -0.2) is 0 Å². The van der Waals surface area contributed by atoms with Crippen LogP contribution in [-0.2, 0) is 4.79 Å². The Morgan fingerprint density at radius 3 is 2.60 bits per heavy atom. The van der Waals surface area contributed by atoms with Crippen LogP contribution in [0.3, 0.4) is 0 Å². The minimum absolute atomic E-state index is 0.0901. The summed E-state index contributed by atoms with van der Waals surface area (Å²) in [6.45, 7) is 5.73. The van der Waals surface area contributed by atoms with E-state index < -0.39 is 17.1 Å². The zero-order valence-electron chi connectivity index (χ0n) is 15.7. The first-order valence-corrected chi connectivity index (χ1v) is 9.93. The fraction of sp³-hybridized carbons (Fsp3) is 0.857. The summed E-state index contributed by atoms with van der Waals surface area (Å²) in [7, 11) is 0. The van der Waals surface area contributed by atoms with E-state index in [-0.39, 0.29) is 29.1 Å². The highest BCUT2D eigenvalue weighted by molar-refractivity contribution is 5.80. The van der Waals surface area contributed by atoms with Gasteiger partial charge in [-0.15, -0.1) is 0 Å². The molecule has 4 aliphatic carbocycles. The molecule has 0 saturated heterocycles. The molecular weight excluding hydrogens is 316 g/mol. The van der Waals surface area contributed by atoms with E-state index >= 15 is 0 Å². The van der Waals surface area contributed by atoms with Crippen molar-refractivity contribution < 1.29 is 20.1 Å². The van der Waals surface area contributed by atoms with Gasteiger partial charge in [-0.1, -0.05) is 25.5 Å². The predicted octanol–water partition coefficient (Wildman–Crippen LogP) is 2.60. The van der Waals surface area contributed by atoms with Crippen LogP contribution in [0, 0.1) is 28.6 Å². The largest absolute Gasteiger partial charge is 0.393 e. The number of rotatable bonds is 1. The molecular formula is C21H32O4. The fourth-order valence-electron chi connectivity index (χ4n) is 7.35. The van der Waals surface area contributed by atoms with Gasteiger partial charge in [0.05, 0.1) is 17.8 Å². The molecule has 4 heteroatoms. The lowest BCUT2D eigenvalue weighted by Crippen LogP contribution is -2.69. The summed E-state index contributed by atoms with van der Waals surface area (Å²) in [5, 5.41) is 33.1. The van der Waals surface area contributed by atoms with Gasteiger partial charge in [0.2, 0.25) is 0 Å². The highest BCUT2D eigenvalue weighted by atomic mass is 16.3. The zero-order valence-corrected chi connectivity index (χ0v) is 15.7. The molecule has 0 radical (unpaired) electrons. The number of hydrogen-bond donors (Lipinski definition) is 3. The lowest BCUT2D eigenvalue weighted by Gasteiger charge is -2.65. The van der Waals surface area contributed by atoms with Crippen LogP contribution in [0.1, 0.15) is 65.7 Å². The Morgan fingerprint density at radius 2 is 1.92 bits per heavy atom. The molecule has 8 atom stereocenters. The van der Waals surface area contributed by atoms with Crippen molar-refractivity contribution in [1.82, 2.24) is 0 Å². The van der Waals surface area contributed by atoms with Crippen LogP contribution in [0.5, 0.6) is 0 Å². The number of allylic oxidation sites excluding steroid dienone is 1. The average Bonchev–Trinajstić information content (AvgIpc) is 2.84. The average molecular weight is 348 g/mol. The maximum atomic E-state index is 12.3. The van der Waals surface area contributed by atoms with Gasteiger partial charge in [-0.2, -0.15) is 0 Å². The third-order valence-corrected chi connectivity index (χ3v) is 8.87. The predicted molar refractivity (Wildman–Crippen MR) is 94.7 cm³/mol. The van der Waals surface area contributed by atoms with Gasteiger partial charge in [0, 0.05) is 16.7 Å². The van der Waals surface area contributed by atoms with Gasteiger partial charge in [0.1, 0.15) is 5.78 Å². The highest BCUT2D eigenvalue weighted by Crippen LogP contribution is 2.70. The molecule has 3 N–H and O–H groups in total. The Labute approximate surface area is 150 Å². The summed E-state index contributed by atoms with van der Waals surface area (Å²) in [5.74, 6) is 0.400. The topological polar surface area (TPSA) is 77.8 Å². The molecule has 4 nitrogen and oxygen atoms in total. The summed E-state index contributed by atoms with van der Waals surface area (Å²) >= 11 is 0. The second-order valence-corrected chi connectivity index (χ2v) is 9.65. The van der Waals surface area contributed by atoms with Crippen molar-refractivity contribution in [2.45, 2.75) is 83.5 Å². The van der Waals surface area contributed by atoms with Crippen molar-refractivity contribution in [2.75, 3.05) is 0 Å². The standard InChI is InChI=1S/C21H32O4/c1-12(22)16-7-9-21(25)19(2)8-6-13-10-14(23)4-5-15(13)17(19)11-18(24)20(16,21)3/h6,14-18,23-25H,4-5,7-11H2,1-3H3/t14-,15+,16+,17+,18+,19+,20-,21-/m0/s1. The van der Waals surface area contributed by atoms with Gasteiger partial charge < -0.3 is 15.3 Å². The molecule has 0 aromatic carbocycles. The van der Waals surface area contributed by atoms with Crippen molar-refractivity contribution in [3.63, 3.8) is 0 Å². The molecule has 25 heavy (non-hydrogen) atoms. The third-order valence-electron chi connectivity index (χ3n) is 8.87. The molecule has 0 aromatic heterocycles. The third kappa shape index (κ3) is 2.02. The lowest BCUT2D eigenvalue weighted by molar-refractivity contribution is -0.253. The minimum Gasteiger partial charge on any atom is -0.393 e. The smallest absolute Gasteiger partial charge is 0.133 e. The number of hydrogen-bond acceptors (Lipinski definition) is 4. The van der Waals surface area contributed by atoms with Crippen LogP contribution in [-0.4, -0.2) is 38.9 Å². The summed E-state index contributed by atoms with van der Waals surface area (Å²) in [5.41, 5.74) is -0.774. The molecule has 4 aliphatic rings. The SMILES string of the molecule is CC(=O)[C@H]1CC[C@@]2(O)[C@]1(C)[C@H](O)C[C@@H]1[C@@H]3CC[C@H](O)CC3=CC[C@]12C. The molecule has 0 aromatic rings. The van der Waals surface area contributed by atoms with Gasteiger partial charge in [0.15, 0.2) is 0 Å².